The van der Waals surface area contributed by atoms with Crippen molar-refractivity contribution < 1.29 is 23.5 Å². The number of halogens is 1. The first-order valence-corrected chi connectivity index (χ1v) is 9.83. The summed E-state index contributed by atoms with van der Waals surface area (Å²) in [5.74, 6) is -1.30. The highest BCUT2D eigenvalue weighted by atomic mass is 32.2. The summed E-state index contributed by atoms with van der Waals surface area (Å²) in [6, 6.07) is 12.1. The van der Waals surface area contributed by atoms with E-state index >= 15 is 0 Å². The number of hydrogen-bond donors (Lipinski definition) is 2. The highest BCUT2D eigenvalue weighted by Gasteiger charge is 2.22. The van der Waals surface area contributed by atoms with Gasteiger partial charge in [0.25, 0.3) is 0 Å². The molecule has 0 heterocycles. The molecule has 2 N–H and O–H groups in total. The van der Waals surface area contributed by atoms with Crippen LogP contribution in [0.15, 0.2) is 53.4 Å². The highest BCUT2D eigenvalue weighted by Crippen LogP contribution is 2.26. The highest BCUT2D eigenvalue weighted by molar-refractivity contribution is 8.00. The van der Waals surface area contributed by atoms with Crippen LogP contribution in [0.5, 0.6) is 0 Å². The standard InChI is InChI=1S/C21H23FN2O4S/c1-13(29-18-10-8-17(9-11-18)23-14(2)25)21(27)24-19(12-20(26)28-3)15-4-6-16(22)7-5-15/h4-11,13,19H,12H2,1-3H3,(H,23,25)(H,24,27). The summed E-state index contributed by atoms with van der Waals surface area (Å²) >= 11 is 1.34. The van der Waals surface area contributed by atoms with Crippen molar-refractivity contribution in [2.24, 2.45) is 0 Å². The van der Waals surface area contributed by atoms with Gasteiger partial charge in [0.05, 0.1) is 24.8 Å². The van der Waals surface area contributed by atoms with Gasteiger partial charge >= 0.3 is 5.97 Å². The normalized spacial score (nSPS) is 12.6. The molecule has 29 heavy (non-hydrogen) atoms. The molecule has 8 heteroatoms. The lowest BCUT2D eigenvalue weighted by molar-refractivity contribution is -0.141. The van der Waals surface area contributed by atoms with Crippen LogP contribution in [0.1, 0.15) is 31.9 Å². The Bertz CT molecular complexity index is 856. The second kappa shape index (κ2) is 10.6. The average molecular weight is 418 g/mol. The Hall–Kier alpha value is -2.87. The Morgan fingerprint density at radius 2 is 1.69 bits per heavy atom. The fraction of sp³-hybridized carbons (Fsp3) is 0.286. The van der Waals surface area contributed by atoms with Crippen molar-refractivity contribution in [3.63, 3.8) is 0 Å². The van der Waals surface area contributed by atoms with Gasteiger partial charge in [0.15, 0.2) is 0 Å². The molecular weight excluding hydrogens is 395 g/mol. The van der Waals surface area contributed by atoms with Crippen molar-refractivity contribution in [1.82, 2.24) is 5.32 Å². The second-order valence-electron chi connectivity index (χ2n) is 6.36. The van der Waals surface area contributed by atoms with Gasteiger partial charge in [0.2, 0.25) is 11.8 Å². The predicted octanol–water partition coefficient (Wildman–Crippen LogP) is 3.69. The minimum Gasteiger partial charge on any atom is -0.469 e. The van der Waals surface area contributed by atoms with Crippen molar-refractivity contribution in [2.45, 2.75) is 36.5 Å². The van der Waals surface area contributed by atoms with Crippen molar-refractivity contribution in [1.29, 1.82) is 0 Å². The van der Waals surface area contributed by atoms with Crippen molar-refractivity contribution in [3.05, 3.63) is 59.9 Å². The van der Waals surface area contributed by atoms with Crippen LogP contribution in [0, 0.1) is 5.82 Å². The van der Waals surface area contributed by atoms with E-state index < -0.39 is 23.1 Å². The van der Waals surface area contributed by atoms with Crippen LogP contribution >= 0.6 is 11.8 Å². The number of benzene rings is 2. The fourth-order valence-electron chi connectivity index (χ4n) is 2.56. The number of methoxy groups -OCH3 is 1. The lowest BCUT2D eigenvalue weighted by Gasteiger charge is -2.21. The van der Waals surface area contributed by atoms with E-state index in [9.17, 15) is 18.8 Å². The number of thioether (sulfide) groups is 1. The zero-order chi connectivity index (χ0) is 21.4. The summed E-state index contributed by atoms with van der Waals surface area (Å²) in [6.45, 7) is 3.18. The fourth-order valence-corrected chi connectivity index (χ4v) is 3.44. The number of esters is 1. The van der Waals surface area contributed by atoms with E-state index in [0.29, 0.717) is 11.3 Å². The van der Waals surface area contributed by atoms with Gasteiger partial charge in [-0.3, -0.25) is 14.4 Å². The largest absolute Gasteiger partial charge is 0.469 e. The molecule has 2 aromatic rings. The molecule has 0 aromatic heterocycles. The smallest absolute Gasteiger partial charge is 0.307 e. The zero-order valence-corrected chi connectivity index (χ0v) is 17.2. The zero-order valence-electron chi connectivity index (χ0n) is 16.4. The van der Waals surface area contributed by atoms with Crippen LogP contribution < -0.4 is 10.6 Å². The Balaban J connectivity index is 2.04. The van der Waals surface area contributed by atoms with Gasteiger partial charge in [-0.1, -0.05) is 12.1 Å². The summed E-state index contributed by atoms with van der Waals surface area (Å²) in [5, 5.41) is 5.08. The SMILES string of the molecule is COC(=O)CC(NC(=O)C(C)Sc1ccc(NC(C)=O)cc1)c1ccc(F)cc1. The molecule has 0 aliphatic rings. The minimum atomic E-state index is -0.624. The quantitative estimate of drug-likeness (QED) is 0.505. The third-order valence-corrected chi connectivity index (χ3v) is 5.16. The Morgan fingerprint density at radius 3 is 2.24 bits per heavy atom. The summed E-state index contributed by atoms with van der Waals surface area (Å²) in [7, 11) is 1.27. The third-order valence-electron chi connectivity index (χ3n) is 4.04. The first-order valence-electron chi connectivity index (χ1n) is 8.95. The van der Waals surface area contributed by atoms with Crippen LogP contribution in [-0.4, -0.2) is 30.1 Å². The molecule has 2 amide bonds. The van der Waals surface area contributed by atoms with Crippen LogP contribution in [0.2, 0.25) is 0 Å². The molecule has 0 saturated heterocycles. The Labute approximate surface area is 173 Å². The van der Waals surface area contributed by atoms with Gasteiger partial charge in [-0.2, -0.15) is 0 Å². The number of nitrogens with one attached hydrogen (secondary N) is 2. The number of amides is 2. The second-order valence-corrected chi connectivity index (χ2v) is 7.77. The summed E-state index contributed by atoms with van der Waals surface area (Å²) in [5.41, 5.74) is 1.29. The summed E-state index contributed by atoms with van der Waals surface area (Å²) in [4.78, 5) is 36.3. The van der Waals surface area contributed by atoms with Crippen molar-refractivity contribution in [3.8, 4) is 0 Å². The van der Waals surface area contributed by atoms with Gasteiger partial charge in [-0.25, -0.2) is 4.39 Å². The molecule has 2 rings (SSSR count). The lowest BCUT2D eigenvalue weighted by Crippen LogP contribution is -2.35. The van der Waals surface area contributed by atoms with E-state index in [0.717, 1.165) is 4.90 Å². The number of rotatable bonds is 8. The molecule has 0 aliphatic heterocycles. The molecule has 2 atom stereocenters. The molecule has 0 bridgehead atoms. The number of hydrogen-bond acceptors (Lipinski definition) is 5. The molecule has 0 radical (unpaired) electrons. The maximum Gasteiger partial charge on any atom is 0.307 e. The molecule has 0 saturated carbocycles. The first kappa shape index (κ1) is 22.4. The molecule has 0 aliphatic carbocycles. The maximum atomic E-state index is 13.2. The molecule has 0 spiro atoms. The van der Waals surface area contributed by atoms with Gasteiger partial charge in [-0.05, 0) is 48.9 Å². The van der Waals surface area contributed by atoms with E-state index in [1.165, 1.54) is 50.1 Å². The van der Waals surface area contributed by atoms with E-state index in [4.69, 9.17) is 4.74 Å². The number of carbonyl (C=O) groups is 3. The third kappa shape index (κ3) is 7.23. The Kier molecular flexibility index (Phi) is 8.21. The lowest BCUT2D eigenvalue weighted by atomic mass is 10.0. The van der Waals surface area contributed by atoms with Crippen LogP contribution in [-0.2, 0) is 19.1 Å². The predicted molar refractivity (Wildman–Crippen MR) is 110 cm³/mol. The molecule has 0 fully saturated rings. The van der Waals surface area contributed by atoms with E-state index in [-0.39, 0.29) is 18.2 Å². The first-order chi connectivity index (χ1) is 13.8. The topological polar surface area (TPSA) is 84.5 Å². The monoisotopic (exact) mass is 418 g/mol. The molecular formula is C21H23FN2O4S. The molecule has 2 aromatic carbocycles. The van der Waals surface area contributed by atoms with Gasteiger partial charge in [0, 0.05) is 17.5 Å². The molecule has 6 nitrogen and oxygen atoms in total. The number of ether oxygens (including phenoxy) is 1. The summed E-state index contributed by atoms with van der Waals surface area (Å²) < 4.78 is 17.9. The summed E-state index contributed by atoms with van der Waals surface area (Å²) in [6.07, 6.45) is -0.0589. The van der Waals surface area contributed by atoms with Crippen molar-refractivity contribution >= 4 is 35.2 Å². The van der Waals surface area contributed by atoms with Gasteiger partial charge in [-0.15, -0.1) is 11.8 Å². The molecule has 2 unspecified atom stereocenters. The van der Waals surface area contributed by atoms with Crippen LogP contribution in [0.4, 0.5) is 10.1 Å². The van der Waals surface area contributed by atoms with E-state index in [1.54, 1.807) is 19.1 Å². The van der Waals surface area contributed by atoms with Crippen LogP contribution in [0.3, 0.4) is 0 Å². The van der Waals surface area contributed by atoms with Crippen molar-refractivity contribution in [2.75, 3.05) is 12.4 Å². The van der Waals surface area contributed by atoms with Crippen LogP contribution in [0.25, 0.3) is 0 Å². The molecule has 154 valence electrons. The minimum absolute atomic E-state index is 0.0589. The average Bonchev–Trinajstić information content (AvgIpc) is 2.69. The van der Waals surface area contributed by atoms with E-state index in [2.05, 4.69) is 10.6 Å². The number of carbonyl (C=O) groups excluding carboxylic acids is 3. The van der Waals surface area contributed by atoms with Gasteiger partial charge < -0.3 is 15.4 Å². The maximum absolute atomic E-state index is 13.2. The van der Waals surface area contributed by atoms with Gasteiger partial charge in [0.1, 0.15) is 5.82 Å². The number of anilines is 1. The van der Waals surface area contributed by atoms with E-state index in [1.807, 2.05) is 12.1 Å². The Morgan fingerprint density at radius 1 is 1.07 bits per heavy atom.